The van der Waals surface area contributed by atoms with E-state index >= 15 is 0 Å². The van der Waals surface area contributed by atoms with Gasteiger partial charge in [0.2, 0.25) is 0 Å². The maximum absolute atomic E-state index is 4.34. The third kappa shape index (κ3) is 1.55. The number of thiazole rings is 1. The van der Waals surface area contributed by atoms with Gasteiger partial charge in [0.15, 0.2) is 0 Å². The lowest BCUT2D eigenvalue weighted by Gasteiger charge is -2.03. The maximum Gasteiger partial charge on any atom is 0.110 e. The highest BCUT2D eigenvalue weighted by atomic mass is 32.1. The van der Waals surface area contributed by atoms with Crippen LogP contribution in [0.15, 0.2) is 5.38 Å². The predicted octanol–water partition coefficient (Wildman–Crippen LogP) is 1.73. The van der Waals surface area contributed by atoms with Gasteiger partial charge in [-0.15, -0.1) is 11.3 Å². The Balaban J connectivity index is 2.74. The zero-order valence-corrected chi connectivity index (χ0v) is 7.33. The molecule has 0 spiro atoms. The maximum atomic E-state index is 4.34. The molecule has 0 radical (unpaired) electrons. The van der Waals surface area contributed by atoms with Gasteiger partial charge in [0.25, 0.3) is 0 Å². The van der Waals surface area contributed by atoms with Crippen LogP contribution in [-0.4, -0.2) is 12.0 Å². The SMILES string of the molecule is CN[C@H](C)c1nc(C)cs1. The average molecular weight is 156 g/mol. The summed E-state index contributed by atoms with van der Waals surface area (Å²) in [5.74, 6) is 0. The minimum atomic E-state index is 0.388. The Morgan fingerprint density at radius 3 is 2.80 bits per heavy atom. The van der Waals surface area contributed by atoms with Crippen LogP contribution in [0.2, 0.25) is 0 Å². The number of aryl methyl sites for hydroxylation is 1. The summed E-state index contributed by atoms with van der Waals surface area (Å²) in [5.41, 5.74) is 1.11. The van der Waals surface area contributed by atoms with Gasteiger partial charge >= 0.3 is 0 Å². The second kappa shape index (κ2) is 3.12. The van der Waals surface area contributed by atoms with E-state index in [0.29, 0.717) is 6.04 Å². The highest BCUT2D eigenvalue weighted by Crippen LogP contribution is 2.16. The average Bonchev–Trinajstić information content (AvgIpc) is 2.34. The van der Waals surface area contributed by atoms with Crippen molar-refractivity contribution in [1.29, 1.82) is 0 Å². The van der Waals surface area contributed by atoms with Gasteiger partial charge in [-0.25, -0.2) is 4.98 Å². The molecule has 0 saturated heterocycles. The Bertz CT molecular complexity index is 207. The van der Waals surface area contributed by atoms with Gasteiger partial charge in [-0.1, -0.05) is 0 Å². The molecule has 1 rings (SSSR count). The molecule has 0 saturated carbocycles. The number of hydrogen-bond donors (Lipinski definition) is 1. The third-order valence-corrected chi connectivity index (χ3v) is 2.59. The van der Waals surface area contributed by atoms with Crippen LogP contribution in [0.4, 0.5) is 0 Å². The second-order valence-corrected chi connectivity index (χ2v) is 3.23. The molecule has 0 fully saturated rings. The van der Waals surface area contributed by atoms with Crippen molar-refractivity contribution in [3.05, 3.63) is 16.1 Å². The van der Waals surface area contributed by atoms with Crippen LogP contribution >= 0.6 is 11.3 Å². The number of aromatic nitrogens is 1. The Morgan fingerprint density at radius 1 is 1.70 bits per heavy atom. The summed E-state index contributed by atoms with van der Waals surface area (Å²) in [5, 5.41) is 6.38. The molecular formula is C7H12N2S. The topological polar surface area (TPSA) is 24.9 Å². The van der Waals surface area contributed by atoms with Crippen molar-refractivity contribution >= 4 is 11.3 Å². The molecule has 3 heteroatoms. The van der Waals surface area contributed by atoms with Crippen molar-refractivity contribution in [3.8, 4) is 0 Å². The van der Waals surface area contributed by atoms with Crippen molar-refractivity contribution in [2.45, 2.75) is 19.9 Å². The summed E-state index contributed by atoms with van der Waals surface area (Å²) < 4.78 is 0. The number of nitrogens with zero attached hydrogens (tertiary/aromatic N) is 1. The normalized spacial score (nSPS) is 13.5. The fraction of sp³-hybridized carbons (Fsp3) is 0.571. The van der Waals surface area contributed by atoms with Crippen molar-refractivity contribution in [3.63, 3.8) is 0 Å². The molecular weight excluding hydrogens is 144 g/mol. The minimum absolute atomic E-state index is 0.388. The van der Waals surface area contributed by atoms with Crippen LogP contribution in [0.3, 0.4) is 0 Å². The fourth-order valence-corrected chi connectivity index (χ4v) is 1.56. The number of hydrogen-bond acceptors (Lipinski definition) is 3. The fourth-order valence-electron chi connectivity index (χ4n) is 0.695. The van der Waals surface area contributed by atoms with Crippen LogP contribution in [0.5, 0.6) is 0 Å². The molecule has 10 heavy (non-hydrogen) atoms. The lowest BCUT2D eigenvalue weighted by Crippen LogP contribution is -2.11. The molecule has 2 nitrogen and oxygen atoms in total. The van der Waals surface area contributed by atoms with Gasteiger partial charge < -0.3 is 5.32 Å². The molecule has 0 aliphatic heterocycles. The van der Waals surface area contributed by atoms with Gasteiger partial charge in [0, 0.05) is 11.1 Å². The van der Waals surface area contributed by atoms with E-state index in [2.05, 4.69) is 22.6 Å². The predicted molar refractivity (Wildman–Crippen MR) is 44.3 cm³/mol. The lowest BCUT2D eigenvalue weighted by molar-refractivity contribution is 0.646. The molecule has 1 heterocycles. The molecule has 0 aromatic carbocycles. The first-order chi connectivity index (χ1) is 4.74. The van der Waals surface area contributed by atoms with Gasteiger partial charge in [-0.2, -0.15) is 0 Å². The van der Waals surface area contributed by atoms with Crippen LogP contribution in [-0.2, 0) is 0 Å². The standard InChI is InChI=1S/C7H12N2S/c1-5-4-10-7(9-5)6(2)8-3/h4,6,8H,1-3H3/t6-/m1/s1. The first-order valence-corrected chi connectivity index (χ1v) is 4.21. The van der Waals surface area contributed by atoms with Gasteiger partial charge in [0.1, 0.15) is 5.01 Å². The van der Waals surface area contributed by atoms with E-state index in [1.54, 1.807) is 11.3 Å². The largest absolute Gasteiger partial charge is 0.311 e. The van der Waals surface area contributed by atoms with E-state index < -0.39 is 0 Å². The first-order valence-electron chi connectivity index (χ1n) is 3.33. The second-order valence-electron chi connectivity index (χ2n) is 2.34. The van der Waals surface area contributed by atoms with Crippen LogP contribution in [0.1, 0.15) is 23.7 Å². The summed E-state index contributed by atoms with van der Waals surface area (Å²) in [6, 6.07) is 0.388. The Kier molecular flexibility index (Phi) is 2.40. The lowest BCUT2D eigenvalue weighted by atomic mass is 10.4. The molecule has 1 aromatic heterocycles. The van der Waals surface area contributed by atoms with E-state index in [4.69, 9.17) is 0 Å². The van der Waals surface area contributed by atoms with E-state index in [1.165, 1.54) is 5.01 Å². The smallest absolute Gasteiger partial charge is 0.110 e. The van der Waals surface area contributed by atoms with E-state index in [1.807, 2.05) is 14.0 Å². The minimum Gasteiger partial charge on any atom is -0.311 e. The van der Waals surface area contributed by atoms with Crippen LogP contribution in [0, 0.1) is 6.92 Å². The summed E-state index contributed by atoms with van der Waals surface area (Å²) >= 11 is 1.71. The molecule has 56 valence electrons. The monoisotopic (exact) mass is 156 g/mol. The summed E-state index contributed by atoms with van der Waals surface area (Å²) in [6.07, 6.45) is 0. The van der Waals surface area contributed by atoms with Crippen LogP contribution in [0.25, 0.3) is 0 Å². The van der Waals surface area contributed by atoms with Crippen molar-refractivity contribution < 1.29 is 0 Å². The van der Waals surface area contributed by atoms with E-state index in [-0.39, 0.29) is 0 Å². The molecule has 1 atom stereocenters. The number of nitrogens with one attached hydrogen (secondary N) is 1. The Morgan fingerprint density at radius 2 is 2.40 bits per heavy atom. The van der Waals surface area contributed by atoms with E-state index in [9.17, 15) is 0 Å². The molecule has 0 aliphatic rings. The summed E-state index contributed by atoms with van der Waals surface area (Å²) in [7, 11) is 1.95. The van der Waals surface area contributed by atoms with Crippen LogP contribution < -0.4 is 5.32 Å². The molecule has 0 amide bonds. The van der Waals surface area contributed by atoms with E-state index in [0.717, 1.165) is 5.69 Å². The first kappa shape index (κ1) is 7.69. The quantitative estimate of drug-likeness (QED) is 0.705. The molecule has 0 unspecified atom stereocenters. The summed E-state index contributed by atoms with van der Waals surface area (Å²) in [6.45, 7) is 4.13. The van der Waals surface area contributed by atoms with Gasteiger partial charge in [-0.05, 0) is 20.9 Å². The van der Waals surface area contributed by atoms with Crippen molar-refractivity contribution in [2.75, 3.05) is 7.05 Å². The van der Waals surface area contributed by atoms with Crippen molar-refractivity contribution in [1.82, 2.24) is 10.3 Å². The summed E-state index contributed by atoms with van der Waals surface area (Å²) in [4.78, 5) is 4.34. The Hall–Kier alpha value is -0.410. The highest BCUT2D eigenvalue weighted by Gasteiger charge is 2.04. The molecule has 1 aromatic rings. The molecule has 0 bridgehead atoms. The van der Waals surface area contributed by atoms with Crippen molar-refractivity contribution in [2.24, 2.45) is 0 Å². The number of rotatable bonds is 2. The zero-order chi connectivity index (χ0) is 7.56. The molecule has 1 N–H and O–H groups in total. The third-order valence-electron chi connectivity index (χ3n) is 1.44. The highest BCUT2D eigenvalue weighted by molar-refractivity contribution is 7.09. The molecule has 0 aliphatic carbocycles. The van der Waals surface area contributed by atoms with Gasteiger partial charge in [0.05, 0.1) is 6.04 Å². The van der Waals surface area contributed by atoms with Gasteiger partial charge in [-0.3, -0.25) is 0 Å². The Labute approximate surface area is 65.3 Å². The zero-order valence-electron chi connectivity index (χ0n) is 6.51.